The van der Waals surface area contributed by atoms with Gasteiger partial charge < -0.3 is 15.5 Å². The van der Waals surface area contributed by atoms with Gasteiger partial charge in [0.1, 0.15) is 0 Å². The van der Waals surface area contributed by atoms with Gasteiger partial charge in [0.15, 0.2) is 0 Å². The molecule has 2 N–H and O–H groups in total. The van der Waals surface area contributed by atoms with E-state index in [0.717, 1.165) is 56.9 Å². The van der Waals surface area contributed by atoms with Crippen LogP contribution in [0.25, 0.3) is 0 Å². The second-order valence-electron chi connectivity index (χ2n) is 7.31. The molecule has 27 heavy (non-hydrogen) atoms. The fourth-order valence-corrected chi connectivity index (χ4v) is 4.29. The molecule has 0 aliphatic carbocycles. The van der Waals surface area contributed by atoms with Gasteiger partial charge in [-0.2, -0.15) is 0 Å². The minimum atomic E-state index is -0.0855. The Balaban J connectivity index is 0.00000210. The summed E-state index contributed by atoms with van der Waals surface area (Å²) in [6, 6.07) is 6.06. The number of anilines is 1. The largest absolute Gasteiger partial charge is 0.337 e. The highest BCUT2D eigenvalue weighted by Crippen LogP contribution is 2.27. The highest BCUT2D eigenvalue weighted by Gasteiger charge is 2.32. The highest BCUT2D eigenvalue weighted by molar-refractivity contribution is 6.00. The van der Waals surface area contributed by atoms with E-state index in [1.807, 2.05) is 30.0 Å². The zero-order valence-electron chi connectivity index (χ0n) is 15.7. The molecule has 3 amide bonds. The summed E-state index contributed by atoms with van der Waals surface area (Å²) in [4.78, 5) is 31.3. The molecule has 0 radical (unpaired) electrons. The van der Waals surface area contributed by atoms with E-state index < -0.39 is 0 Å². The lowest BCUT2D eigenvalue weighted by molar-refractivity contribution is 0.0772. The van der Waals surface area contributed by atoms with Crippen molar-refractivity contribution in [2.45, 2.75) is 19.4 Å². The van der Waals surface area contributed by atoms with Gasteiger partial charge in [-0.15, -0.1) is 12.4 Å². The normalized spacial score (nSPS) is 23.3. The van der Waals surface area contributed by atoms with Crippen molar-refractivity contribution >= 4 is 30.0 Å². The van der Waals surface area contributed by atoms with E-state index in [9.17, 15) is 9.59 Å². The summed E-state index contributed by atoms with van der Waals surface area (Å²) in [5, 5.41) is 6.20. The summed E-state index contributed by atoms with van der Waals surface area (Å²) in [7, 11) is 0. The predicted molar refractivity (Wildman–Crippen MR) is 108 cm³/mol. The van der Waals surface area contributed by atoms with Crippen molar-refractivity contribution in [3.63, 3.8) is 0 Å². The van der Waals surface area contributed by atoms with E-state index in [2.05, 4.69) is 15.5 Å². The topological polar surface area (TPSA) is 67.9 Å². The average Bonchev–Trinajstić information content (AvgIpc) is 3.32. The summed E-state index contributed by atoms with van der Waals surface area (Å²) < 4.78 is 0. The monoisotopic (exact) mass is 393 g/mol. The Hall–Kier alpha value is -1.83. The fourth-order valence-electron chi connectivity index (χ4n) is 4.29. The Bertz CT molecular complexity index is 707. The molecule has 148 valence electrons. The van der Waals surface area contributed by atoms with Crippen LogP contribution >= 0.6 is 12.4 Å². The van der Waals surface area contributed by atoms with Crippen LogP contribution in [0.3, 0.4) is 0 Å². The Morgan fingerprint density at radius 1 is 1.11 bits per heavy atom. The number of rotatable bonds is 3. The number of benzene rings is 1. The van der Waals surface area contributed by atoms with E-state index in [-0.39, 0.29) is 24.3 Å². The standard InChI is InChI=1S/C19H27N5O2.ClH/c1-14-16(3-2-4-17(14)24-12-8-21-19(24)26)18(25)23-9-5-15(13-23)22-10-6-20-7-11-22;/h2-4,15,20H,5-13H2,1H3,(H,21,26);1H. The van der Waals surface area contributed by atoms with E-state index >= 15 is 0 Å². The maximum Gasteiger partial charge on any atom is 0.322 e. The number of nitrogens with zero attached hydrogens (tertiary/aromatic N) is 3. The van der Waals surface area contributed by atoms with Crippen LogP contribution in [0.2, 0.25) is 0 Å². The molecule has 4 rings (SSSR count). The van der Waals surface area contributed by atoms with Crippen LogP contribution in [0.15, 0.2) is 18.2 Å². The molecule has 3 fully saturated rings. The Morgan fingerprint density at radius 3 is 2.59 bits per heavy atom. The second kappa shape index (κ2) is 8.46. The zero-order valence-corrected chi connectivity index (χ0v) is 16.6. The molecule has 0 bridgehead atoms. The average molecular weight is 394 g/mol. The van der Waals surface area contributed by atoms with Crippen LogP contribution in [0.4, 0.5) is 10.5 Å². The first-order valence-corrected chi connectivity index (χ1v) is 9.54. The number of carbonyl (C=O) groups is 2. The van der Waals surface area contributed by atoms with Crippen molar-refractivity contribution in [1.82, 2.24) is 20.4 Å². The van der Waals surface area contributed by atoms with Crippen LogP contribution < -0.4 is 15.5 Å². The third-order valence-electron chi connectivity index (χ3n) is 5.80. The van der Waals surface area contributed by atoms with Crippen molar-refractivity contribution in [2.75, 3.05) is 57.3 Å². The molecule has 0 aromatic heterocycles. The Kier molecular flexibility index (Phi) is 6.24. The van der Waals surface area contributed by atoms with Crippen LogP contribution in [0.5, 0.6) is 0 Å². The highest BCUT2D eigenvalue weighted by atomic mass is 35.5. The quantitative estimate of drug-likeness (QED) is 0.806. The first kappa shape index (κ1) is 19.9. The number of hydrogen-bond acceptors (Lipinski definition) is 4. The predicted octanol–water partition coefficient (Wildman–Crippen LogP) is 1.07. The minimum absolute atomic E-state index is 0. The number of urea groups is 1. The van der Waals surface area contributed by atoms with Gasteiger partial charge in [-0.25, -0.2) is 4.79 Å². The molecule has 1 aromatic rings. The number of nitrogens with one attached hydrogen (secondary N) is 2. The lowest BCUT2D eigenvalue weighted by atomic mass is 10.0. The Morgan fingerprint density at radius 2 is 1.89 bits per heavy atom. The summed E-state index contributed by atoms with van der Waals surface area (Å²) in [5.41, 5.74) is 2.44. The van der Waals surface area contributed by atoms with Gasteiger partial charge >= 0.3 is 6.03 Å². The Labute approximate surface area is 166 Å². The van der Waals surface area contributed by atoms with Gasteiger partial charge in [-0.05, 0) is 31.0 Å². The minimum Gasteiger partial charge on any atom is -0.337 e. The molecular weight excluding hydrogens is 366 g/mol. The van der Waals surface area contributed by atoms with E-state index in [4.69, 9.17) is 0 Å². The molecule has 3 saturated heterocycles. The molecule has 1 unspecified atom stereocenters. The second-order valence-corrected chi connectivity index (χ2v) is 7.31. The molecule has 0 spiro atoms. The zero-order chi connectivity index (χ0) is 18.1. The van der Waals surface area contributed by atoms with Crippen molar-refractivity contribution < 1.29 is 9.59 Å². The SMILES string of the molecule is Cc1c(C(=O)N2CCC(N3CCNCC3)C2)cccc1N1CCNC1=O.Cl. The summed E-state index contributed by atoms with van der Waals surface area (Å²) in [5.74, 6) is 0.0848. The molecule has 1 atom stereocenters. The third kappa shape index (κ3) is 3.90. The smallest absolute Gasteiger partial charge is 0.322 e. The number of likely N-dealkylation sites (tertiary alicyclic amines) is 1. The van der Waals surface area contributed by atoms with Crippen molar-refractivity contribution in [3.05, 3.63) is 29.3 Å². The fraction of sp³-hybridized carbons (Fsp3) is 0.579. The van der Waals surface area contributed by atoms with E-state index in [1.165, 1.54) is 0 Å². The first-order valence-electron chi connectivity index (χ1n) is 9.54. The summed E-state index contributed by atoms with van der Waals surface area (Å²) in [6.45, 7) is 9.02. The molecule has 8 heteroatoms. The molecule has 0 saturated carbocycles. The van der Waals surface area contributed by atoms with Gasteiger partial charge in [0, 0.05) is 69.7 Å². The lowest BCUT2D eigenvalue weighted by Crippen LogP contribution is -2.49. The molecular formula is C19H28ClN5O2. The van der Waals surface area contributed by atoms with Gasteiger partial charge in [-0.3, -0.25) is 14.6 Å². The molecule has 3 aliphatic heterocycles. The summed E-state index contributed by atoms with van der Waals surface area (Å²) >= 11 is 0. The summed E-state index contributed by atoms with van der Waals surface area (Å²) in [6.07, 6.45) is 1.04. The molecule has 3 aliphatic rings. The first-order chi connectivity index (χ1) is 12.6. The lowest BCUT2D eigenvalue weighted by Gasteiger charge is -2.32. The van der Waals surface area contributed by atoms with Crippen molar-refractivity contribution in [3.8, 4) is 0 Å². The van der Waals surface area contributed by atoms with Gasteiger partial charge in [0.2, 0.25) is 0 Å². The third-order valence-corrected chi connectivity index (χ3v) is 5.80. The number of amides is 3. The number of carbonyl (C=O) groups excluding carboxylic acids is 2. The van der Waals surface area contributed by atoms with Crippen LogP contribution in [0.1, 0.15) is 22.3 Å². The van der Waals surface area contributed by atoms with Gasteiger partial charge in [0.25, 0.3) is 5.91 Å². The number of halogens is 1. The maximum absolute atomic E-state index is 13.1. The van der Waals surface area contributed by atoms with Crippen LogP contribution in [-0.2, 0) is 0 Å². The number of hydrogen-bond donors (Lipinski definition) is 2. The van der Waals surface area contributed by atoms with E-state index in [1.54, 1.807) is 4.90 Å². The molecule has 3 heterocycles. The van der Waals surface area contributed by atoms with Gasteiger partial charge in [0.05, 0.1) is 0 Å². The van der Waals surface area contributed by atoms with Crippen LogP contribution in [0, 0.1) is 6.92 Å². The van der Waals surface area contributed by atoms with E-state index in [0.29, 0.717) is 24.7 Å². The van der Waals surface area contributed by atoms with Crippen molar-refractivity contribution in [2.24, 2.45) is 0 Å². The van der Waals surface area contributed by atoms with Crippen LogP contribution in [-0.4, -0.2) is 80.1 Å². The molecule has 7 nitrogen and oxygen atoms in total. The van der Waals surface area contributed by atoms with Crippen molar-refractivity contribution in [1.29, 1.82) is 0 Å². The van der Waals surface area contributed by atoms with Gasteiger partial charge in [-0.1, -0.05) is 6.07 Å². The molecule has 1 aromatic carbocycles. The number of piperazine rings is 1. The maximum atomic E-state index is 13.1.